The fourth-order valence-corrected chi connectivity index (χ4v) is 2.16. The third-order valence-corrected chi connectivity index (χ3v) is 3.05. The highest BCUT2D eigenvalue weighted by molar-refractivity contribution is 7.98. The average molecular weight is 347 g/mol. The molecule has 0 saturated heterocycles. The third-order valence-electron chi connectivity index (χ3n) is 2.42. The predicted octanol–water partition coefficient (Wildman–Crippen LogP) is -1.27. The van der Waals surface area contributed by atoms with Crippen molar-refractivity contribution in [1.29, 1.82) is 0 Å². The molecule has 0 amide bonds. The third kappa shape index (κ3) is 2.40. The van der Waals surface area contributed by atoms with Crippen LogP contribution in [0.5, 0.6) is 0 Å². The van der Waals surface area contributed by atoms with Gasteiger partial charge in [0.25, 0.3) is 11.0 Å². The zero-order chi connectivity index (χ0) is 10.8. The maximum atomic E-state index is 4.45. The van der Waals surface area contributed by atoms with Crippen molar-refractivity contribution in [2.75, 3.05) is 6.26 Å². The minimum absolute atomic E-state index is 0. The van der Waals surface area contributed by atoms with E-state index in [0.717, 1.165) is 16.7 Å². The summed E-state index contributed by atoms with van der Waals surface area (Å²) in [7, 11) is 1.97. The number of thioether (sulfide) groups is 1. The number of hydrogen-bond acceptors (Lipinski definition) is 2. The van der Waals surface area contributed by atoms with E-state index in [1.807, 2.05) is 36.2 Å². The molecule has 86 valence electrons. The standard InChI is InChI=1S/C11H14N3S.HI/c1-9-13(2)12-11(15-3)14(9)10-7-5-4-6-8-10;/h4-8H,1-3H3;1H/q+1;/p-1. The van der Waals surface area contributed by atoms with Gasteiger partial charge in [0.1, 0.15) is 12.7 Å². The molecule has 1 heterocycles. The van der Waals surface area contributed by atoms with Gasteiger partial charge in [-0.15, -0.1) is 4.68 Å². The number of aromatic nitrogens is 3. The summed E-state index contributed by atoms with van der Waals surface area (Å²) in [4.78, 5) is 0. The molecular formula is C11H14IN3S. The summed E-state index contributed by atoms with van der Waals surface area (Å²) in [6.45, 7) is 2.07. The number of hydrogen-bond donors (Lipinski definition) is 0. The number of benzene rings is 1. The lowest BCUT2D eigenvalue weighted by molar-refractivity contribution is -0.736. The van der Waals surface area contributed by atoms with E-state index in [2.05, 4.69) is 28.7 Å². The molecule has 0 atom stereocenters. The normalized spacial score (nSPS) is 9.94. The average Bonchev–Trinajstić information content (AvgIpc) is 2.56. The van der Waals surface area contributed by atoms with Crippen LogP contribution in [0.2, 0.25) is 0 Å². The number of nitrogens with zero attached hydrogens (tertiary/aromatic N) is 3. The van der Waals surface area contributed by atoms with E-state index in [1.165, 1.54) is 0 Å². The maximum Gasteiger partial charge on any atom is 0.300 e. The molecule has 0 aliphatic carbocycles. The first-order valence-electron chi connectivity index (χ1n) is 4.79. The SMILES string of the molecule is CSc1n[n+](C)c(C)n1-c1ccccc1.[I-]. The molecule has 0 aliphatic rings. The first-order valence-corrected chi connectivity index (χ1v) is 6.01. The van der Waals surface area contributed by atoms with Gasteiger partial charge >= 0.3 is 0 Å². The first-order chi connectivity index (χ1) is 7.24. The number of aryl methyl sites for hydroxylation is 1. The Morgan fingerprint density at radius 3 is 2.44 bits per heavy atom. The second-order valence-corrected chi connectivity index (χ2v) is 4.10. The largest absolute Gasteiger partial charge is 1.00 e. The van der Waals surface area contributed by atoms with E-state index in [4.69, 9.17) is 0 Å². The van der Waals surface area contributed by atoms with Crippen molar-refractivity contribution in [3.05, 3.63) is 36.2 Å². The van der Waals surface area contributed by atoms with Gasteiger partial charge in [0.2, 0.25) is 0 Å². The lowest BCUT2D eigenvalue weighted by Crippen LogP contribution is -3.00. The lowest BCUT2D eigenvalue weighted by Gasteiger charge is -1.98. The van der Waals surface area contributed by atoms with Crippen molar-refractivity contribution in [3.63, 3.8) is 0 Å². The molecule has 0 fully saturated rings. The smallest absolute Gasteiger partial charge is 0.300 e. The Morgan fingerprint density at radius 2 is 1.88 bits per heavy atom. The van der Waals surface area contributed by atoms with Crippen molar-refractivity contribution < 1.29 is 28.7 Å². The molecule has 1 aromatic carbocycles. The molecule has 2 rings (SSSR count). The molecule has 0 bridgehead atoms. The van der Waals surface area contributed by atoms with E-state index in [1.54, 1.807) is 11.8 Å². The zero-order valence-corrected chi connectivity index (χ0v) is 12.5. The fourth-order valence-electron chi connectivity index (χ4n) is 1.53. The molecule has 0 aliphatic heterocycles. The first kappa shape index (κ1) is 13.5. The molecule has 3 nitrogen and oxygen atoms in total. The van der Waals surface area contributed by atoms with E-state index in [-0.39, 0.29) is 24.0 Å². The van der Waals surface area contributed by atoms with Crippen LogP contribution in [0.25, 0.3) is 5.69 Å². The minimum Gasteiger partial charge on any atom is -1.00 e. The van der Waals surface area contributed by atoms with Crippen LogP contribution in [0.4, 0.5) is 0 Å². The lowest BCUT2D eigenvalue weighted by atomic mass is 10.3. The monoisotopic (exact) mass is 347 g/mol. The minimum atomic E-state index is 0. The molecule has 0 N–H and O–H groups in total. The van der Waals surface area contributed by atoms with Gasteiger partial charge in [-0.3, -0.25) is 0 Å². The van der Waals surface area contributed by atoms with Gasteiger partial charge in [-0.1, -0.05) is 30.0 Å². The molecule has 0 spiro atoms. The second kappa shape index (κ2) is 5.67. The molecule has 0 unspecified atom stereocenters. The quantitative estimate of drug-likeness (QED) is 0.384. The summed E-state index contributed by atoms with van der Waals surface area (Å²) >= 11 is 1.66. The van der Waals surface area contributed by atoms with Crippen molar-refractivity contribution >= 4 is 11.8 Å². The molecular weight excluding hydrogens is 333 g/mol. The van der Waals surface area contributed by atoms with Crippen LogP contribution in [0, 0.1) is 6.92 Å². The predicted molar refractivity (Wildman–Crippen MR) is 61.3 cm³/mol. The van der Waals surface area contributed by atoms with Crippen molar-refractivity contribution in [2.45, 2.75) is 12.1 Å². The van der Waals surface area contributed by atoms with Gasteiger partial charge in [-0.2, -0.15) is 4.57 Å². The number of halogens is 1. The van der Waals surface area contributed by atoms with E-state index in [9.17, 15) is 0 Å². The second-order valence-electron chi connectivity index (χ2n) is 3.33. The Morgan fingerprint density at radius 1 is 1.25 bits per heavy atom. The number of para-hydroxylation sites is 1. The van der Waals surface area contributed by atoms with E-state index < -0.39 is 0 Å². The summed E-state index contributed by atoms with van der Waals surface area (Å²) < 4.78 is 4.06. The number of rotatable bonds is 2. The summed E-state index contributed by atoms with van der Waals surface area (Å²) in [5.74, 6) is 1.13. The molecule has 1 aromatic heterocycles. The Balaban J connectivity index is 0.00000128. The van der Waals surface area contributed by atoms with Crippen LogP contribution in [-0.4, -0.2) is 15.9 Å². The van der Waals surface area contributed by atoms with Gasteiger partial charge in [0, 0.05) is 6.92 Å². The van der Waals surface area contributed by atoms with Crippen LogP contribution in [-0.2, 0) is 7.05 Å². The maximum absolute atomic E-state index is 4.45. The molecule has 16 heavy (non-hydrogen) atoms. The zero-order valence-electron chi connectivity index (χ0n) is 9.51. The summed E-state index contributed by atoms with van der Waals surface area (Å²) in [6.07, 6.45) is 2.04. The Labute approximate surface area is 117 Å². The highest BCUT2D eigenvalue weighted by Crippen LogP contribution is 2.18. The van der Waals surface area contributed by atoms with Gasteiger partial charge in [0.05, 0.1) is 0 Å². The van der Waals surface area contributed by atoms with Crippen molar-refractivity contribution in [3.8, 4) is 5.69 Å². The van der Waals surface area contributed by atoms with Gasteiger partial charge < -0.3 is 24.0 Å². The van der Waals surface area contributed by atoms with Gasteiger partial charge in [-0.25, -0.2) is 0 Å². The van der Waals surface area contributed by atoms with Gasteiger partial charge in [0.15, 0.2) is 0 Å². The summed E-state index contributed by atoms with van der Waals surface area (Å²) in [5.41, 5.74) is 1.16. The molecule has 5 heteroatoms. The highest BCUT2D eigenvalue weighted by atomic mass is 127. The molecule has 2 aromatic rings. The Hall–Kier alpha value is -0.560. The topological polar surface area (TPSA) is 21.7 Å². The summed E-state index contributed by atoms with van der Waals surface area (Å²) in [5, 5.41) is 5.46. The van der Waals surface area contributed by atoms with Crippen molar-refractivity contribution in [2.24, 2.45) is 7.05 Å². The van der Waals surface area contributed by atoms with Crippen molar-refractivity contribution in [1.82, 2.24) is 9.67 Å². The van der Waals surface area contributed by atoms with Crippen LogP contribution in [0.1, 0.15) is 5.82 Å². The van der Waals surface area contributed by atoms with Crippen LogP contribution >= 0.6 is 11.8 Å². The van der Waals surface area contributed by atoms with Crippen LogP contribution in [0.3, 0.4) is 0 Å². The Kier molecular flexibility index (Phi) is 4.79. The molecule has 0 radical (unpaired) electrons. The Bertz CT molecular complexity index is 468. The fraction of sp³-hybridized carbons (Fsp3) is 0.273. The van der Waals surface area contributed by atoms with Gasteiger partial charge in [-0.05, 0) is 23.5 Å². The molecule has 0 saturated carbocycles. The van der Waals surface area contributed by atoms with E-state index in [0.29, 0.717) is 0 Å². The van der Waals surface area contributed by atoms with Crippen LogP contribution in [0.15, 0.2) is 35.5 Å². The summed E-state index contributed by atoms with van der Waals surface area (Å²) in [6, 6.07) is 10.3. The highest BCUT2D eigenvalue weighted by Gasteiger charge is 2.20. The van der Waals surface area contributed by atoms with E-state index >= 15 is 0 Å². The van der Waals surface area contributed by atoms with Crippen LogP contribution < -0.4 is 28.7 Å².